The van der Waals surface area contributed by atoms with Crippen LogP contribution in [0.5, 0.6) is 0 Å². The normalized spacial score (nSPS) is 13.9. The lowest BCUT2D eigenvalue weighted by atomic mass is 10.1. The first-order valence-corrected chi connectivity index (χ1v) is 5.38. The van der Waals surface area contributed by atoms with Crippen LogP contribution in [0.25, 0.3) is 0 Å². The summed E-state index contributed by atoms with van der Waals surface area (Å²) in [5.41, 5.74) is 6.51. The van der Waals surface area contributed by atoms with Crippen LogP contribution < -0.4 is 11.1 Å². The summed E-state index contributed by atoms with van der Waals surface area (Å²) in [5, 5.41) is 14.4. The molecule has 5 heteroatoms. The van der Waals surface area contributed by atoms with Crippen molar-refractivity contribution in [1.29, 1.82) is 0 Å². The predicted octanol–water partition coefficient (Wildman–Crippen LogP) is 1.85. The maximum atomic E-state index is 8.37. The number of nitrogens with two attached hydrogens (primary N) is 1. The second-order valence-corrected chi connectivity index (χ2v) is 4.16. The molecule has 1 atom stereocenters. The van der Waals surface area contributed by atoms with Crippen LogP contribution in [0, 0.1) is 0 Å². The summed E-state index contributed by atoms with van der Waals surface area (Å²) in [5.74, 6) is 0.180. The molecule has 0 amide bonds. The maximum absolute atomic E-state index is 8.37. The van der Waals surface area contributed by atoms with Gasteiger partial charge in [0.1, 0.15) is 0 Å². The van der Waals surface area contributed by atoms with E-state index < -0.39 is 0 Å². The Labute approximate surface area is 97.3 Å². The first-order valence-electron chi connectivity index (χ1n) is 4.58. The van der Waals surface area contributed by atoms with E-state index in [2.05, 4.69) is 26.4 Å². The summed E-state index contributed by atoms with van der Waals surface area (Å²) < 4.78 is 1.05. The minimum absolute atomic E-state index is 0.165. The monoisotopic (exact) mass is 271 g/mol. The van der Waals surface area contributed by atoms with Gasteiger partial charge in [-0.15, -0.1) is 0 Å². The average Bonchev–Trinajstić information content (AvgIpc) is 2.26. The van der Waals surface area contributed by atoms with E-state index in [1.54, 1.807) is 0 Å². The van der Waals surface area contributed by atoms with Gasteiger partial charge in [0, 0.05) is 10.5 Å². The van der Waals surface area contributed by atoms with Gasteiger partial charge in [-0.25, -0.2) is 0 Å². The third kappa shape index (κ3) is 3.89. The van der Waals surface area contributed by atoms with Gasteiger partial charge in [0.25, 0.3) is 0 Å². The van der Waals surface area contributed by atoms with Crippen LogP contribution in [0.3, 0.4) is 0 Å². The lowest BCUT2D eigenvalue weighted by Gasteiger charge is -2.13. The van der Waals surface area contributed by atoms with Crippen LogP contribution in [-0.2, 0) is 0 Å². The number of hydrogen-bond donors (Lipinski definition) is 3. The molecule has 0 aliphatic heterocycles. The van der Waals surface area contributed by atoms with Gasteiger partial charge in [0.05, 0.1) is 6.54 Å². The summed E-state index contributed by atoms with van der Waals surface area (Å²) in [4.78, 5) is 0. The number of nitrogens with one attached hydrogen (secondary N) is 1. The third-order valence-corrected chi connectivity index (χ3v) is 2.62. The Kier molecular flexibility index (Phi) is 4.58. The largest absolute Gasteiger partial charge is 0.409 e. The van der Waals surface area contributed by atoms with E-state index in [-0.39, 0.29) is 11.9 Å². The molecule has 0 fully saturated rings. The first-order chi connectivity index (χ1) is 7.13. The van der Waals surface area contributed by atoms with Crippen molar-refractivity contribution in [2.45, 2.75) is 13.0 Å². The Bertz CT molecular complexity index is 337. The van der Waals surface area contributed by atoms with Crippen LogP contribution in [-0.4, -0.2) is 17.6 Å². The molecule has 1 aromatic rings. The van der Waals surface area contributed by atoms with Gasteiger partial charge in [-0.1, -0.05) is 33.2 Å². The summed E-state index contributed by atoms with van der Waals surface area (Å²) in [6, 6.07) is 8.18. The van der Waals surface area contributed by atoms with Crippen LogP contribution >= 0.6 is 15.9 Å². The van der Waals surface area contributed by atoms with Crippen LogP contribution in [0.2, 0.25) is 0 Å². The fourth-order valence-electron chi connectivity index (χ4n) is 1.16. The fourth-order valence-corrected chi connectivity index (χ4v) is 1.43. The van der Waals surface area contributed by atoms with Crippen LogP contribution in [0.1, 0.15) is 18.5 Å². The molecule has 1 rings (SSSR count). The third-order valence-electron chi connectivity index (χ3n) is 2.09. The molecule has 0 heterocycles. The molecular formula is C10H14BrN3O. The number of amidine groups is 1. The van der Waals surface area contributed by atoms with Crippen LogP contribution in [0.4, 0.5) is 0 Å². The van der Waals surface area contributed by atoms with E-state index in [1.165, 1.54) is 0 Å². The van der Waals surface area contributed by atoms with E-state index in [1.807, 2.05) is 31.2 Å². The molecule has 0 aromatic heterocycles. The molecule has 0 spiro atoms. The molecule has 82 valence electrons. The molecule has 0 aliphatic carbocycles. The molecule has 4 nitrogen and oxygen atoms in total. The highest BCUT2D eigenvalue weighted by Gasteiger charge is 2.04. The minimum atomic E-state index is 0.165. The Morgan fingerprint density at radius 1 is 1.53 bits per heavy atom. The van der Waals surface area contributed by atoms with Crippen molar-refractivity contribution in [3.63, 3.8) is 0 Å². The van der Waals surface area contributed by atoms with Crippen molar-refractivity contribution < 1.29 is 5.21 Å². The lowest BCUT2D eigenvalue weighted by molar-refractivity contribution is 0.316. The average molecular weight is 272 g/mol. The van der Waals surface area contributed by atoms with E-state index in [4.69, 9.17) is 10.9 Å². The summed E-state index contributed by atoms with van der Waals surface area (Å²) in [6.45, 7) is 2.39. The Morgan fingerprint density at radius 2 is 2.13 bits per heavy atom. The summed E-state index contributed by atoms with van der Waals surface area (Å²) in [6.07, 6.45) is 0. The standard InChI is InChI=1S/C10H14BrN3O/c1-7(13-6-10(12)14-15)8-2-4-9(11)5-3-8/h2-5,7,13,15H,6H2,1H3,(H2,12,14)/t7-/m1/s1. The second kappa shape index (κ2) is 5.72. The first kappa shape index (κ1) is 12.0. The molecule has 0 aliphatic rings. The highest BCUT2D eigenvalue weighted by molar-refractivity contribution is 9.10. The molecular weight excluding hydrogens is 258 g/mol. The zero-order chi connectivity index (χ0) is 11.3. The van der Waals surface area contributed by atoms with E-state index in [0.717, 1.165) is 10.0 Å². The van der Waals surface area contributed by atoms with Gasteiger partial charge in [0.2, 0.25) is 0 Å². The molecule has 0 saturated heterocycles. The Hall–Kier alpha value is -1.07. The fraction of sp³-hybridized carbons (Fsp3) is 0.300. The zero-order valence-electron chi connectivity index (χ0n) is 8.44. The minimum Gasteiger partial charge on any atom is -0.409 e. The van der Waals surface area contributed by atoms with Crippen molar-refractivity contribution in [3.05, 3.63) is 34.3 Å². The zero-order valence-corrected chi connectivity index (χ0v) is 10.0. The van der Waals surface area contributed by atoms with Gasteiger partial charge < -0.3 is 16.3 Å². The lowest BCUT2D eigenvalue weighted by Crippen LogP contribution is -2.30. The Balaban J connectivity index is 2.53. The van der Waals surface area contributed by atoms with E-state index in [9.17, 15) is 0 Å². The van der Waals surface area contributed by atoms with Crippen LogP contribution in [0.15, 0.2) is 33.9 Å². The number of rotatable bonds is 4. The van der Waals surface area contributed by atoms with Crippen molar-refractivity contribution in [1.82, 2.24) is 5.32 Å². The van der Waals surface area contributed by atoms with E-state index in [0.29, 0.717) is 6.54 Å². The maximum Gasteiger partial charge on any atom is 0.153 e. The predicted molar refractivity (Wildman–Crippen MR) is 64.0 cm³/mol. The quantitative estimate of drug-likeness (QED) is 0.339. The smallest absolute Gasteiger partial charge is 0.153 e. The summed E-state index contributed by atoms with van der Waals surface area (Å²) >= 11 is 3.38. The number of hydrogen-bond acceptors (Lipinski definition) is 3. The molecule has 1 aromatic carbocycles. The molecule has 4 N–H and O–H groups in total. The van der Waals surface area contributed by atoms with E-state index >= 15 is 0 Å². The number of oxime groups is 1. The van der Waals surface area contributed by atoms with Gasteiger partial charge in [-0.2, -0.15) is 0 Å². The second-order valence-electron chi connectivity index (χ2n) is 3.25. The van der Waals surface area contributed by atoms with Crippen molar-refractivity contribution >= 4 is 21.8 Å². The molecule has 15 heavy (non-hydrogen) atoms. The van der Waals surface area contributed by atoms with Crippen molar-refractivity contribution in [2.24, 2.45) is 10.9 Å². The highest BCUT2D eigenvalue weighted by atomic mass is 79.9. The SMILES string of the molecule is C[C@@H](NC/C(N)=N/O)c1ccc(Br)cc1. The van der Waals surface area contributed by atoms with Crippen molar-refractivity contribution in [3.8, 4) is 0 Å². The highest BCUT2D eigenvalue weighted by Crippen LogP contribution is 2.15. The summed E-state index contributed by atoms with van der Waals surface area (Å²) in [7, 11) is 0. The molecule has 0 radical (unpaired) electrons. The number of halogens is 1. The molecule has 0 bridgehead atoms. The van der Waals surface area contributed by atoms with Gasteiger partial charge in [-0.05, 0) is 24.6 Å². The topological polar surface area (TPSA) is 70.6 Å². The van der Waals surface area contributed by atoms with Gasteiger partial charge >= 0.3 is 0 Å². The van der Waals surface area contributed by atoms with Crippen molar-refractivity contribution in [2.75, 3.05) is 6.54 Å². The molecule has 0 saturated carbocycles. The number of benzene rings is 1. The Morgan fingerprint density at radius 3 is 2.67 bits per heavy atom. The van der Waals surface area contributed by atoms with Gasteiger partial charge in [-0.3, -0.25) is 0 Å². The van der Waals surface area contributed by atoms with Gasteiger partial charge in [0.15, 0.2) is 5.84 Å². The number of nitrogens with zero attached hydrogens (tertiary/aromatic N) is 1. The molecule has 0 unspecified atom stereocenters.